The van der Waals surface area contributed by atoms with Crippen molar-refractivity contribution < 1.29 is 71.4 Å². The van der Waals surface area contributed by atoms with Crippen LogP contribution in [0.15, 0.2) is 60.8 Å². The zero-order chi connectivity index (χ0) is 48.8. The highest BCUT2D eigenvalue weighted by molar-refractivity contribution is 7.47. The predicted molar refractivity (Wildman–Crippen MR) is 260 cm³/mol. The molecule has 5 unspecified atom stereocenters. The molecule has 0 rings (SSSR count). The van der Waals surface area contributed by atoms with E-state index in [1.165, 1.54) is 64.2 Å². The van der Waals surface area contributed by atoms with Crippen LogP contribution in [0.2, 0.25) is 0 Å². The molecule has 0 heterocycles. The number of phosphoric ester groups is 2. The average Bonchev–Trinajstić information content (AvgIpc) is 3.29. The van der Waals surface area contributed by atoms with E-state index >= 15 is 0 Å². The largest absolute Gasteiger partial charge is 0.472 e. The zero-order valence-electron chi connectivity index (χ0n) is 40.3. The minimum atomic E-state index is -4.79. The molecule has 0 bridgehead atoms. The van der Waals surface area contributed by atoms with Crippen molar-refractivity contribution in [1.29, 1.82) is 0 Å². The van der Waals surface area contributed by atoms with Gasteiger partial charge in [-0.25, -0.2) is 9.13 Å². The van der Waals surface area contributed by atoms with Crippen molar-refractivity contribution >= 4 is 27.6 Å². The minimum Gasteiger partial charge on any atom is -0.463 e. The number of phosphoric acid groups is 2. The van der Waals surface area contributed by atoms with Gasteiger partial charge in [-0.3, -0.25) is 27.7 Å². The Labute approximate surface area is 397 Å². The van der Waals surface area contributed by atoms with Gasteiger partial charge in [-0.2, -0.15) is 0 Å². The molecule has 0 saturated carbocycles. The molecule has 0 radical (unpaired) electrons. The van der Waals surface area contributed by atoms with Crippen LogP contribution in [-0.2, 0) is 46.3 Å². The number of carbonyl (C=O) groups is 2. The van der Waals surface area contributed by atoms with Crippen LogP contribution in [0.1, 0.15) is 181 Å². The summed E-state index contributed by atoms with van der Waals surface area (Å²) in [5.41, 5.74) is 0. The van der Waals surface area contributed by atoms with Crippen molar-refractivity contribution in [2.45, 2.75) is 199 Å². The van der Waals surface area contributed by atoms with Crippen molar-refractivity contribution in [2.24, 2.45) is 0 Å². The fourth-order valence-corrected chi connectivity index (χ4v) is 7.66. The number of rotatable bonds is 47. The predicted octanol–water partition coefficient (Wildman–Crippen LogP) is 11.4. The summed E-state index contributed by atoms with van der Waals surface area (Å²) in [5.74, 6) is -1.03. The Kier molecular flexibility index (Phi) is 43.7. The highest BCUT2D eigenvalue weighted by Crippen LogP contribution is 2.45. The highest BCUT2D eigenvalue weighted by atomic mass is 31.2. The first kappa shape index (κ1) is 63.7. The van der Waals surface area contributed by atoms with Crippen LogP contribution >= 0.6 is 15.6 Å². The van der Waals surface area contributed by atoms with Gasteiger partial charge >= 0.3 is 27.6 Å². The van der Waals surface area contributed by atoms with E-state index in [2.05, 4.69) is 92.7 Å². The molecule has 0 aliphatic carbocycles. The van der Waals surface area contributed by atoms with Crippen molar-refractivity contribution in [2.75, 3.05) is 39.6 Å². The van der Waals surface area contributed by atoms with E-state index in [4.69, 9.17) is 9.47 Å². The van der Waals surface area contributed by atoms with Crippen LogP contribution in [0.3, 0.4) is 0 Å². The number of aliphatic hydroxyl groups is 3. The molecule has 0 aromatic carbocycles. The molecule has 17 heteroatoms. The zero-order valence-corrected chi connectivity index (χ0v) is 42.1. The molecule has 0 amide bonds. The van der Waals surface area contributed by atoms with Gasteiger partial charge in [0.05, 0.1) is 26.4 Å². The van der Waals surface area contributed by atoms with Gasteiger partial charge in [0.2, 0.25) is 0 Å². The smallest absolute Gasteiger partial charge is 0.463 e. The fourth-order valence-electron chi connectivity index (χ4n) is 6.07. The van der Waals surface area contributed by atoms with E-state index in [0.29, 0.717) is 12.8 Å². The summed E-state index contributed by atoms with van der Waals surface area (Å²) in [6, 6.07) is 0. The normalized spacial score (nSPS) is 15.6. The first-order chi connectivity index (χ1) is 31.8. The topological polar surface area (TPSA) is 225 Å². The number of aliphatic hydroxyl groups excluding tert-OH is 3. The van der Waals surface area contributed by atoms with Crippen LogP contribution < -0.4 is 0 Å². The van der Waals surface area contributed by atoms with E-state index in [1.54, 1.807) is 0 Å². The molecule has 0 aliphatic rings. The molecular weight excluding hydrogens is 890 g/mol. The molecule has 0 spiro atoms. The maximum atomic E-state index is 12.2. The number of allylic oxidation sites excluding steroid dienone is 10. The minimum absolute atomic E-state index is 0.173. The lowest BCUT2D eigenvalue weighted by Crippen LogP contribution is -2.25. The highest BCUT2D eigenvalue weighted by Gasteiger charge is 2.28. The Morgan fingerprint density at radius 1 is 0.394 bits per heavy atom. The summed E-state index contributed by atoms with van der Waals surface area (Å²) in [5, 5.41) is 30.0. The standard InChI is InChI=1S/C49H88O15P2/c1-3-5-7-9-11-13-15-17-18-19-20-21-22-23-24-26-28-30-32-34-36-38-49(54)60-40-46(51)42-62-66(57,58)64-44-47(52)43-63-65(55,56)61-41-45(50)39-59-48(53)37-35-33-31-29-27-25-16-14-12-10-8-6-4-2/h11,13,17-18,20-21,23-25,27,45-47,50-52H,3-10,12,14-16,19,22,26,28-44H2,1-2H3,(H,55,56)(H,57,58)/b13-11-,18-17-,21-20-,24-23-,27-25-. The lowest BCUT2D eigenvalue weighted by Gasteiger charge is -2.19. The van der Waals surface area contributed by atoms with Crippen molar-refractivity contribution in [3.8, 4) is 0 Å². The second-order valence-corrected chi connectivity index (χ2v) is 19.4. The summed E-state index contributed by atoms with van der Waals surface area (Å²) >= 11 is 0. The summed E-state index contributed by atoms with van der Waals surface area (Å²) in [6.45, 7) is 0.336. The fraction of sp³-hybridized carbons (Fsp3) is 0.755. The number of esters is 2. The molecule has 384 valence electrons. The quantitative estimate of drug-likeness (QED) is 0.0165. The van der Waals surface area contributed by atoms with Crippen LogP contribution in [-0.4, -0.2) is 95.0 Å². The molecule has 5 atom stereocenters. The van der Waals surface area contributed by atoms with Gasteiger partial charge in [-0.05, 0) is 83.5 Å². The molecule has 0 aromatic heterocycles. The van der Waals surface area contributed by atoms with Gasteiger partial charge in [-0.1, -0.05) is 145 Å². The first-order valence-electron chi connectivity index (χ1n) is 24.6. The van der Waals surface area contributed by atoms with Crippen LogP contribution in [0, 0.1) is 0 Å². The average molecular weight is 979 g/mol. The molecule has 5 N–H and O–H groups in total. The van der Waals surface area contributed by atoms with Gasteiger partial charge in [-0.15, -0.1) is 0 Å². The van der Waals surface area contributed by atoms with E-state index in [1.807, 2.05) is 0 Å². The second-order valence-electron chi connectivity index (χ2n) is 16.5. The van der Waals surface area contributed by atoms with Gasteiger partial charge in [0.1, 0.15) is 31.5 Å². The Morgan fingerprint density at radius 2 is 0.652 bits per heavy atom. The summed E-state index contributed by atoms with van der Waals surface area (Å²) in [6.07, 6.45) is 43.5. The van der Waals surface area contributed by atoms with Crippen molar-refractivity contribution in [3.05, 3.63) is 60.8 Å². The van der Waals surface area contributed by atoms with Crippen LogP contribution in [0.4, 0.5) is 0 Å². The first-order valence-corrected chi connectivity index (χ1v) is 27.6. The van der Waals surface area contributed by atoms with Gasteiger partial charge in [0, 0.05) is 12.8 Å². The van der Waals surface area contributed by atoms with E-state index in [9.17, 15) is 43.8 Å². The molecular formula is C49H88O15P2. The number of carbonyl (C=O) groups excluding carboxylic acids is 2. The van der Waals surface area contributed by atoms with Gasteiger partial charge < -0.3 is 34.6 Å². The number of hydrogen-bond acceptors (Lipinski definition) is 13. The molecule has 0 aliphatic heterocycles. The Hall–Kier alpha value is -2.26. The monoisotopic (exact) mass is 979 g/mol. The number of ether oxygens (including phenoxy) is 2. The van der Waals surface area contributed by atoms with Gasteiger partial charge in [0.15, 0.2) is 0 Å². The lowest BCUT2D eigenvalue weighted by atomic mass is 10.1. The van der Waals surface area contributed by atoms with Crippen LogP contribution in [0.25, 0.3) is 0 Å². The number of unbranched alkanes of at least 4 members (excludes halogenated alkanes) is 17. The van der Waals surface area contributed by atoms with Gasteiger partial charge in [0.25, 0.3) is 0 Å². The summed E-state index contributed by atoms with van der Waals surface area (Å²) in [4.78, 5) is 43.7. The molecule has 66 heavy (non-hydrogen) atoms. The van der Waals surface area contributed by atoms with E-state index in [0.717, 1.165) is 77.0 Å². The maximum absolute atomic E-state index is 12.2. The molecule has 15 nitrogen and oxygen atoms in total. The third kappa shape index (κ3) is 46.8. The number of hydrogen-bond donors (Lipinski definition) is 5. The maximum Gasteiger partial charge on any atom is 0.472 e. The summed E-state index contributed by atoms with van der Waals surface area (Å²) < 4.78 is 53.0. The Balaban J connectivity index is 3.92. The SMILES string of the molecule is CCCCC/C=C\C/C=C\C/C=C\C/C=C\CCCCCCCC(=O)OCC(O)COP(=O)(O)OCC(O)COP(=O)(O)OCC(O)COC(=O)CCCCC/C=C\CCCCCCCC. The Bertz CT molecular complexity index is 1420. The van der Waals surface area contributed by atoms with Crippen LogP contribution in [0.5, 0.6) is 0 Å². The van der Waals surface area contributed by atoms with Crippen molar-refractivity contribution in [1.82, 2.24) is 0 Å². The van der Waals surface area contributed by atoms with Crippen molar-refractivity contribution in [3.63, 3.8) is 0 Å². The molecule has 0 saturated heterocycles. The Morgan fingerprint density at radius 3 is 1.03 bits per heavy atom. The molecule has 0 aromatic rings. The van der Waals surface area contributed by atoms with E-state index in [-0.39, 0.29) is 12.8 Å². The van der Waals surface area contributed by atoms with E-state index < -0.39 is 85.5 Å². The second kappa shape index (κ2) is 45.2. The molecule has 0 fully saturated rings. The third-order valence-corrected chi connectivity index (χ3v) is 11.8. The third-order valence-electron chi connectivity index (χ3n) is 9.95. The lowest BCUT2D eigenvalue weighted by molar-refractivity contribution is -0.148. The summed E-state index contributed by atoms with van der Waals surface area (Å²) in [7, 11) is -9.58.